The summed E-state index contributed by atoms with van der Waals surface area (Å²) in [5, 5.41) is 12.7. The number of fused-ring (bicyclic) bond motifs is 3. The molecule has 6 rings (SSSR count). The number of nitrogens with zero attached hydrogens (tertiary/aromatic N) is 2. The van der Waals surface area contributed by atoms with Crippen LogP contribution in [-0.2, 0) is 6.54 Å². The van der Waals surface area contributed by atoms with Gasteiger partial charge in [0.1, 0.15) is 5.56 Å². The van der Waals surface area contributed by atoms with Crippen molar-refractivity contribution in [3.63, 3.8) is 0 Å². The second-order valence-corrected chi connectivity index (χ2v) is 11.0. The van der Waals surface area contributed by atoms with Gasteiger partial charge in [0, 0.05) is 44.5 Å². The molecule has 2 aliphatic heterocycles. The van der Waals surface area contributed by atoms with E-state index in [1.165, 1.54) is 6.42 Å². The number of aromatic nitrogens is 1. The van der Waals surface area contributed by atoms with Crippen LogP contribution in [0.25, 0.3) is 11.1 Å². The van der Waals surface area contributed by atoms with Gasteiger partial charge in [-0.1, -0.05) is 48.5 Å². The number of aromatic amines is 1. The molecular weight excluding hydrogens is 476 g/mol. The minimum absolute atomic E-state index is 0.137. The lowest BCUT2D eigenvalue weighted by molar-refractivity contribution is 0.0523. The first-order chi connectivity index (χ1) is 18.6. The molecule has 198 valence electrons. The zero-order valence-corrected chi connectivity index (χ0v) is 21.7. The normalized spacial score (nSPS) is 20.7. The molecule has 1 amide bonds. The lowest BCUT2D eigenvalue weighted by atomic mass is 9.94. The van der Waals surface area contributed by atoms with Crippen molar-refractivity contribution in [3.05, 3.63) is 93.4 Å². The van der Waals surface area contributed by atoms with Gasteiger partial charge >= 0.3 is 0 Å². The van der Waals surface area contributed by atoms with E-state index in [1.54, 1.807) is 6.07 Å². The number of hydrogen-bond donors (Lipinski definition) is 3. The fourth-order valence-electron chi connectivity index (χ4n) is 6.57. The maximum atomic E-state index is 13.2. The molecule has 1 atom stereocenters. The van der Waals surface area contributed by atoms with E-state index in [4.69, 9.17) is 0 Å². The van der Waals surface area contributed by atoms with Crippen LogP contribution in [0.15, 0.2) is 65.5 Å². The fourth-order valence-corrected chi connectivity index (χ4v) is 6.57. The number of carbonyl (C=O) groups is 1. The smallest absolute Gasteiger partial charge is 0.261 e. The number of benzene rings is 2. The molecule has 3 aromatic rings. The summed E-state index contributed by atoms with van der Waals surface area (Å²) in [6.45, 7) is 5.07. The van der Waals surface area contributed by atoms with Crippen LogP contribution >= 0.6 is 0 Å². The Kier molecular flexibility index (Phi) is 7.15. The molecule has 3 aliphatic rings. The predicted octanol–water partition coefficient (Wildman–Crippen LogP) is 3.54. The number of H-pyrrole nitrogens is 1. The van der Waals surface area contributed by atoms with E-state index in [9.17, 15) is 14.7 Å². The highest BCUT2D eigenvalue weighted by Gasteiger charge is 2.31. The number of likely N-dealkylation sites (tertiary alicyclic amines) is 2. The molecule has 1 aliphatic carbocycles. The van der Waals surface area contributed by atoms with Gasteiger partial charge in [0.2, 0.25) is 0 Å². The van der Waals surface area contributed by atoms with Crippen molar-refractivity contribution in [1.82, 2.24) is 20.1 Å². The molecule has 2 aromatic carbocycles. The lowest BCUT2D eigenvalue weighted by Crippen LogP contribution is -2.48. The van der Waals surface area contributed by atoms with Gasteiger partial charge in [0.05, 0.1) is 6.04 Å². The molecule has 0 saturated carbocycles. The average Bonchev–Trinajstić information content (AvgIpc) is 3.27. The van der Waals surface area contributed by atoms with Crippen LogP contribution in [0.3, 0.4) is 0 Å². The number of hydrogen-bond acceptors (Lipinski definition) is 5. The summed E-state index contributed by atoms with van der Waals surface area (Å²) in [6.07, 6.45) is 4.52. The lowest BCUT2D eigenvalue weighted by Gasteiger charge is -2.42. The number of pyridine rings is 1. The van der Waals surface area contributed by atoms with E-state index in [0.29, 0.717) is 18.5 Å². The Morgan fingerprint density at radius 3 is 2.26 bits per heavy atom. The molecular formula is C31H36N4O3. The second-order valence-electron chi connectivity index (χ2n) is 11.0. The maximum Gasteiger partial charge on any atom is 0.261 e. The molecule has 2 saturated heterocycles. The molecule has 1 aromatic heterocycles. The van der Waals surface area contributed by atoms with Gasteiger partial charge in [0.15, 0.2) is 0 Å². The van der Waals surface area contributed by atoms with E-state index < -0.39 is 0 Å². The highest BCUT2D eigenvalue weighted by molar-refractivity contribution is 5.95. The van der Waals surface area contributed by atoms with Crippen molar-refractivity contribution in [2.24, 2.45) is 5.92 Å². The fraction of sp³-hybridized carbons (Fsp3) is 0.419. The molecule has 1 unspecified atom stereocenters. The van der Waals surface area contributed by atoms with Gasteiger partial charge in [-0.05, 0) is 72.5 Å². The molecule has 7 nitrogen and oxygen atoms in total. The average molecular weight is 513 g/mol. The van der Waals surface area contributed by atoms with Crippen molar-refractivity contribution < 1.29 is 9.90 Å². The first kappa shape index (κ1) is 25.0. The highest BCUT2D eigenvalue weighted by Crippen LogP contribution is 2.43. The van der Waals surface area contributed by atoms with Crippen molar-refractivity contribution in [2.75, 3.05) is 32.8 Å². The summed E-state index contributed by atoms with van der Waals surface area (Å²) < 4.78 is 0. The third kappa shape index (κ3) is 4.94. The van der Waals surface area contributed by atoms with Crippen LogP contribution in [0.4, 0.5) is 0 Å². The molecule has 7 heteroatoms. The molecule has 3 heterocycles. The first-order valence-corrected chi connectivity index (χ1v) is 13.9. The number of piperidine rings is 2. The van der Waals surface area contributed by atoms with Crippen LogP contribution in [0.2, 0.25) is 0 Å². The summed E-state index contributed by atoms with van der Waals surface area (Å²) in [5.74, 6) is 0.0542. The minimum Gasteiger partial charge on any atom is -0.396 e. The molecule has 0 radical (unpaired) electrons. The van der Waals surface area contributed by atoms with Crippen LogP contribution in [0.1, 0.15) is 58.9 Å². The zero-order valence-electron chi connectivity index (χ0n) is 21.7. The Morgan fingerprint density at radius 2 is 1.61 bits per heavy atom. The van der Waals surface area contributed by atoms with E-state index in [1.807, 2.05) is 42.5 Å². The first-order valence-electron chi connectivity index (χ1n) is 13.9. The van der Waals surface area contributed by atoms with Gasteiger partial charge < -0.3 is 15.4 Å². The summed E-state index contributed by atoms with van der Waals surface area (Å²) in [7, 11) is 0. The molecule has 0 spiro atoms. The third-order valence-corrected chi connectivity index (χ3v) is 8.60. The van der Waals surface area contributed by atoms with Gasteiger partial charge in [-0.3, -0.25) is 19.4 Å². The maximum absolute atomic E-state index is 13.2. The van der Waals surface area contributed by atoms with Gasteiger partial charge in [-0.25, -0.2) is 0 Å². The van der Waals surface area contributed by atoms with E-state index >= 15 is 0 Å². The van der Waals surface area contributed by atoms with Gasteiger partial charge in [-0.2, -0.15) is 0 Å². The quantitative estimate of drug-likeness (QED) is 0.470. The third-order valence-electron chi connectivity index (χ3n) is 8.60. The Hall–Kier alpha value is -3.26. The summed E-state index contributed by atoms with van der Waals surface area (Å²) in [5.41, 5.74) is 4.96. The Balaban J connectivity index is 1.08. The van der Waals surface area contributed by atoms with Gasteiger partial charge in [-0.15, -0.1) is 0 Å². The van der Waals surface area contributed by atoms with Crippen LogP contribution < -0.4 is 10.9 Å². The standard InChI is InChI=1S/C31H36N4O3/c36-20-21-6-5-15-35(18-21)23-13-16-34(17-14-23)19-22-11-12-28(30(37)32-22)31(38)33-29-26-9-3-1-7-24(26)25-8-2-4-10-27(25)29/h1-4,7-12,21,23,29,36H,5-6,13-20H2,(H,32,37)(H,33,38). The summed E-state index contributed by atoms with van der Waals surface area (Å²) >= 11 is 0. The van der Waals surface area contributed by atoms with Crippen LogP contribution in [0, 0.1) is 5.92 Å². The monoisotopic (exact) mass is 512 g/mol. The Labute approximate surface area is 223 Å². The molecule has 3 N–H and O–H groups in total. The number of amides is 1. The van der Waals surface area contributed by atoms with E-state index in [-0.39, 0.29) is 29.7 Å². The molecule has 2 fully saturated rings. The summed E-state index contributed by atoms with van der Waals surface area (Å²) in [4.78, 5) is 34.1. The van der Waals surface area contributed by atoms with Crippen LogP contribution in [0.5, 0.6) is 0 Å². The van der Waals surface area contributed by atoms with E-state index in [0.717, 1.165) is 73.4 Å². The van der Waals surface area contributed by atoms with Gasteiger partial charge in [0.25, 0.3) is 11.5 Å². The minimum atomic E-state index is -0.363. The number of aliphatic hydroxyl groups excluding tert-OH is 1. The van der Waals surface area contributed by atoms with Crippen LogP contribution in [-0.4, -0.2) is 64.6 Å². The Bertz CT molecular complexity index is 1320. The molecule has 0 bridgehead atoms. The summed E-state index contributed by atoms with van der Waals surface area (Å²) in [6, 6.07) is 20.0. The number of aliphatic hydroxyl groups is 1. The number of carbonyl (C=O) groups excluding carboxylic acids is 1. The van der Waals surface area contributed by atoms with Crippen molar-refractivity contribution >= 4 is 5.91 Å². The predicted molar refractivity (Wildman–Crippen MR) is 148 cm³/mol. The van der Waals surface area contributed by atoms with E-state index in [2.05, 4.69) is 32.2 Å². The number of rotatable bonds is 6. The Morgan fingerprint density at radius 1 is 0.921 bits per heavy atom. The topological polar surface area (TPSA) is 88.7 Å². The molecule has 38 heavy (non-hydrogen) atoms. The largest absolute Gasteiger partial charge is 0.396 e. The highest BCUT2D eigenvalue weighted by atomic mass is 16.3. The van der Waals surface area contributed by atoms with Crippen molar-refractivity contribution in [2.45, 2.75) is 44.3 Å². The van der Waals surface area contributed by atoms with Crippen molar-refractivity contribution in [1.29, 1.82) is 0 Å². The van der Waals surface area contributed by atoms with Crippen molar-refractivity contribution in [3.8, 4) is 11.1 Å². The zero-order chi connectivity index (χ0) is 26.1. The number of nitrogens with one attached hydrogen (secondary N) is 2. The SMILES string of the molecule is O=C(NC1c2ccccc2-c2ccccc21)c1ccc(CN2CCC(N3CCCC(CO)C3)CC2)[nH]c1=O. The second kappa shape index (κ2) is 10.8.